The lowest BCUT2D eigenvalue weighted by Gasteiger charge is -2.08. The molecular formula is C20H20N2O2S. The van der Waals surface area contributed by atoms with Crippen molar-refractivity contribution in [3.05, 3.63) is 71.4 Å². The summed E-state index contributed by atoms with van der Waals surface area (Å²) in [5.41, 5.74) is 3.04. The number of benzene rings is 2. The summed E-state index contributed by atoms with van der Waals surface area (Å²) in [6.07, 6.45) is 1.88. The van der Waals surface area contributed by atoms with Crippen LogP contribution in [-0.4, -0.2) is 18.8 Å². The zero-order valence-corrected chi connectivity index (χ0v) is 15.1. The maximum atomic E-state index is 5.45. The first-order chi connectivity index (χ1) is 12.3. The number of aromatic nitrogens is 1. The fourth-order valence-corrected chi connectivity index (χ4v) is 3.48. The number of hydrogen-bond acceptors (Lipinski definition) is 4. The first-order valence-electron chi connectivity index (χ1n) is 7.88. The summed E-state index contributed by atoms with van der Waals surface area (Å²) in [5, 5.41) is 2.12. The van der Waals surface area contributed by atoms with E-state index in [0.29, 0.717) is 12.3 Å². The molecule has 0 spiro atoms. The predicted molar refractivity (Wildman–Crippen MR) is 103 cm³/mol. The maximum absolute atomic E-state index is 5.45. The van der Waals surface area contributed by atoms with Gasteiger partial charge in [-0.05, 0) is 17.7 Å². The molecule has 0 aliphatic carbocycles. The van der Waals surface area contributed by atoms with E-state index >= 15 is 0 Å². The Kier molecular flexibility index (Phi) is 5.36. The van der Waals surface area contributed by atoms with Crippen molar-refractivity contribution >= 4 is 17.0 Å². The van der Waals surface area contributed by atoms with Gasteiger partial charge in [0.25, 0.3) is 0 Å². The highest BCUT2D eigenvalue weighted by molar-refractivity contribution is 7.07. The van der Waals surface area contributed by atoms with Gasteiger partial charge in [0.1, 0.15) is 17.2 Å². The minimum Gasteiger partial charge on any atom is -0.497 e. The van der Waals surface area contributed by atoms with E-state index in [1.165, 1.54) is 0 Å². The summed E-state index contributed by atoms with van der Waals surface area (Å²) in [4.78, 5) is 5.70. The van der Waals surface area contributed by atoms with E-state index in [2.05, 4.69) is 28.7 Å². The van der Waals surface area contributed by atoms with Crippen LogP contribution in [0.3, 0.4) is 0 Å². The topological polar surface area (TPSA) is 35.8 Å². The van der Waals surface area contributed by atoms with Crippen molar-refractivity contribution in [3.63, 3.8) is 0 Å². The highest BCUT2D eigenvalue weighted by Gasteiger charge is 2.09. The largest absolute Gasteiger partial charge is 0.497 e. The van der Waals surface area contributed by atoms with E-state index < -0.39 is 0 Å². The van der Waals surface area contributed by atoms with Gasteiger partial charge in [0, 0.05) is 18.0 Å². The van der Waals surface area contributed by atoms with Gasteiger partial charge in [0.15, 0.2) is 4.80 Å². The molecule has 0 aliphatic heterocycles. The highest BCUT2D eigenvalue weighted by atomic mass is 32.1. The third kappa shape index (κ3) is 3.67. The summed E-state index contributed by atoms with van der Waals surface area (Å²) in [6, 6.07) is 15.9. The lowest BCUT2D eigenvalue weighted by atomic mass is 10.2. The van der Waals surface area contributed by atoms with Gasteiger partial charge in [0.2, 0.25) is 0 Å². The van der Waals surface area contributed by atoms with Crippen molar-refractivity contribution < 1.29 is 9.47 Å². The van der Waals surface area contributed by atoms with Crippen molar-refractivity contribution in [2.75, 3.05) is 14.2 Å². The normalized spacial score (nSPS) is 11.4. The molecule has 0 aliphatic rings. The fraction of sp³-hybridized carbons (Fsp3) is 0.150. The van der Waals surface area contributed by atoms with Crippen LogP contribution in [0.5, 0.6) is 11.5 Å². The van der Waals surface area contributed by atoms with Crippen LogP contribution in [0.15, 0.2) is 71.6 Å². The summed E-state index contributed by atoms with van der Waals surface area (Å²) in [5.74, 6) is 1.42. The van der Waals surface area contributed by atoms with Crippen LogP contribution >= 0.6 is 11.3 Å². The molecule has 0 N–H and O–H groups in total. The van der Waals surface area contributed by atoms with Gasteiger partial charge in [-0.1, -0.05) is 36.4 Å². The lowest BCUT2D eigenvalue weighted by molar-refractivity contribution is 0.395. The Hall–Kier alpha value is -2.79. The number of allylic oxidation sites excluding steroid dienone is 1. The molecular weight excluding hydrogens is 332 g/mol. The average molecular weight is 352 g/mol. The van der Waals surface area contributed by atoms with Gasteiger partial charge < -0.3 is 14.0 Å². The number of nitrogens with zero attached hydrogens (tertiary/aromatic N) is 2. The maximum Gasteiger partial charge on any atom is 0.190 e. The Morgan fingerprint density at radius 2 is 1.92 bits per heavy atom. The molecule has 0 unspecified atom stereocenters. The van der Waals surface area contributed by atoms with Crippen LogP contribution in [0.2, 0.25) is 0 Å². The summed E-state index contributed by atoms with van der Waals surface area (Å²) >= 11 is 1.60. The number of hydrogen-bond donors (Lipinski definition) is 0. The van der Waals surface area contributed by atoms with Gasteiger partial charge in [0.05, 0.1) is 19.9 Å². The Labute approximate surface area is 151 Å². The number of ether oxygens (including phenoxy) is 2. The highest BCUT2D eigenvalue weighted by Crippen LogP contribution is 2.31. The molecule has 3 rings (SSSR count). The van der Waals surface area contributed by atoms with Crippen molar-refractivity contribution in [2.24, 2.45) is 4.99 Å². The number of rotatable bonds is 6. The molecule has 25 heavy (non-hydrogen) atoms. The third-order valence-corrected chi connectivity index (χ3v) is 4.65. The molecule has 0 amide bonds. The van der Waals surface area contributed by atoms with E-state index in [9.17, 15) is 0 Å². The SMILES string of the molecule is C=CCn1c(-c2ccccc2)csc1=Nc1ccc(OC)cc1OC. The molecule has 0 fully saturated rings. The van der Waals surface area contributed by atoms with Crippen molar-refractivity contribution in [1.29, 1.82) is 0 Å². The zero-order valence-electron chi connectivity index (χ0n) is 14.3. The van der Waals surface area contributed by atoms with Crippen molar-refractivity contribution in [2.45, 2.75) is 6.54 Å². The summed E-state index contributed by atoms with van der Waals surface area (Å²) in [7, 11) is 3.27. The number of thiazole rings is 1. The van der Waals surface area contributed by atoms with Crippen molar-refractivity contribution in [3.8, 4) is 22.8 Å². The molecule has 0 bridgehead atoms. The molecule has 1 heterocycles. The van der Waals surface area contributed by atoms with Crippen LogP contribution < -0.4 is 14.3 Å². The second-order valence-corrected chi connectivity index (χ2v) is 6.15. The van der Waals surface area contributed by atoms with E-state index in [4.69, 9.17) is 14.5 Å². The molecule has 2 aromatic carbocycles. The standard InChI is InChI=1S/C20H20N2O2S/c1-4-12-22-18(15-8-6-5-7-9-15)14-25-20(22)21-17-11-10-16(23-2)13-19(17)24-3/h4-11,13-14H,1,12H2,2-3H3. The van der Waals surface area contributed by atoms with Crippen LogP contribution in [0.1, 0.15) is 0 Å². The molecule has 1 aromatic heterocycles. The predicted octanol–water partition coefficient (Wildman–Crippen LogP) is 4.65. The van der Waals surface area contributed by atoms with Gasteiger partial charge in [-0.15, -0.1) is 17.9 Å². The van der Waals surface area contributed by atoms with Crippen LogP contribution in [0, 0.1) is 0 Å². The second-order valence-electron chi connectivity index (χ2n) is 5.32. The first-order valence-corrected chi connectivity index (χ1v) is 8.76. The minimum atomic E-state index is 0.680. The number of methoxy groups -OCH3 is 2. The smallest absolute Gasteiger partial charge is 0.190 e. The van der Waals surface area contributed by atoms with E-state index in [1.54, 1.807) is 25.6 Å². The molecule has 0 saturated heterocycles. The quantitative estimate of drug-likeness (QED) is 0.605. The molecule has 128 valence electrons. The van der Waals surface area contributed by atoms with E-state index in [0.717, 1.165) is 27.5 Å². The Morgan fingerprint density at radius 1 is 1.12 bits per heavy atom. The minimum absolute atomic E-state index is 0.680. The van der Waals surface area contributed by atoms with Crippen LogP contribution in [-0.2, 0) is 6.54 Å². The third-order valence-electron chi connectivity index (χ3n) is 3.78. The molecule has 4 nitrogen and oxygen atoms in total. The molecule has 5 heteroatoms. The Balaban J connectivity index is 2.13. The van der Waals surface area contributed by atoms with Gasteiger partial charge in [-0.2, -0.15) is 0 Å². The fourth-order valence-electron chi connectivity index (χ4n) is 2.54. The van der Waals surface area contributed by atoms with Gasteiger partial charge in [-0.25, -0.2) is 4.99 Å². The van der Waals surface area contributed by atoms with Crippen LogP contribution in [0.4, 0.5) is 5.69 Å². The van der Waals surface area contributed by atoms with E-state index in [-0.39, 0.29) is 0 Å². The molecule has 3 aromatic rings. The molecule has 0 radical (unpaired) electrons. The van der Waals surface area contributed by atoms with Gasteiger partial charge in [-0.3, -0.25) is 0 Å². The summed E-state index contributed by atoms with van der Waals surface area (Å²) < 4.78 is 12.9. The second kappa shape index (κ2) is 7.85. The van der Waals surface area contributed by atoms with Crippen molar-refractivity contribution in [1.82, 2.24) is 4.57 Å². The summed E-state index contributed by atoms with van der Waals surface area (Å²) in [6.45, 7) is 4.56. The first kappa shape index (κ1) is 17.0. The Morgan fingerprint density at radius 3 is 2.60 bits per heavy atom. The molecule has 0 saturated carbocycles. The van der Waals surface area contributed by atoms with Gasteiger partial charge >= 0.3 is 0 Å². The zero-order chi connectivity index (χ0) is 17.6. The average Bonchev–Trinajstić information content (AvgIpc) is 3.05. The van der Waals surface area contributed by atoms with Crippen LogP contribution in [0.25, 0.3) is 11.3 Å². The van der Waals surface area contributed by atoms with E-state index in [1.807, 2.05) is 42.5 Å². The lowest BCUT2D eigenvalue weighted by Crippen LogP contribution is -2.14. The molecule has 0 atom stereocenters. The monoisotopic (exact) mass is 352 g/mol. The Bertz CT molecular complexity index is 926.